The number of aliphatic hydroxyl groups is 6. The molecule has 0 radical (unpaired) electrons. The summed E-state index contributed by atoms with van der Waals surface area (Å²) >= 11 is 0. The van der Waals surface area contributed by atoms with E-state index < -0.39 is 49.6 Å². The average Bonchev–Trinajstić information content (AvgIpc) is 2.33. The van der Waals surface area contributed by atoms with E-state index in [-0.39, 0.29) is 6.15 Å². The van der Waals surface area contributed by atoms with Gasteiger partial charge >= 0.3 is 0 Å². The van der Waals surface area contributed by atoms with Crippen LogP contribution in [-0.4, -0.2) is 90.4 Å². The highest BCUT2D eigenvalue weighted by molar-refractivity contribution is 5.63. The number of hydrogen-bond acceptors (Lipinski definition) is 9. The maximum atomic E-state index is 9.00. The van der Waals surface area contributed by atoms with Crippen molar-refractivity contribution in [3.63, 3.8) is 0 Å². The molecule has 0 aliphatic rings. The van der Waals surface area contributed by atoms with Gasteiger partial charge in [0.1, 0.15) is 24.4 Å². The van der Waals surface area contributed by atoms with E-state index >= 15 is 0 Å². The van der Waals surface area contributed by atoms with E-state index in [9.17, 15) is 0 Å². The van der Waals surface area contributed by atoms with Crippen LogP contribution in [-0.2, 0) is 9.59 Å². The standard InChI is InChI=1S/C6H14O6.2C2H4O2.H3N/c7-1-3(9)5(11)6(12)4(10)2-8;2*1-2(3)4;/h3-12H,1-2H2;2*1H3,(H,3,4);1H3. The van der Waals surface area contributed by atoms with Crippen molar-refractivity contribution in [2.45, 2.75) is 38.3 Å². The quantitative estimate of drug-likeness (QED) is 0.244. The Labute approximate surface area is 121 Å². The van der Waals surface area contributed by atoms with Gasteiger partial charge in [0.2, 0.25) is 0 Å². The third kappa shape index (κ3) is 24.1. The molecule has 4 unspecified atom stereocenters. The Kier molecular flexibility index (Phi) is 22.2. The zero-order valence-corrected chi connectivity index (χ0v) is 11.8. The lowest BCUT2D eigenvalue weighted by Crippen LogP contribution is -2.46. The largest absolute Gasteiger partial charge is 0.481 e. The number of carboxylic acids is 2. The van der Waals surface area contributed by atoms with Gasteiger partial charge in [-0.3, -0.25) is 9.59 Å². The highest BCUT2D eigenvalue weighted by atomic mass is 16.4. The topological polar surface area (TPSA) is 231 Å². The Bertz CT molecular complexity index is 228. The summed E-state index contributed by atoms with van der Waals surface area (Å²) in [6, 6.07) is 0. The van der Waals surface area contributed by atoms with Gasteiger partial charge in [0.25, 0.3) is 11.9 Å². The van der Waals surface area contributed by atoms with Crippen LogP contribution >= 0.6 is 0 Å². The summed E-state index contributed by atoms with van der Waals surface area (Å²) in [5, 5.41) is 67.0. The monoisotopic (exact) mass is 319 g/mol. The number of rotatable bonds is 5. The first-order valence-electron chi connectivity index (χ1n) is 5.34. The van der Waals surface area contributed by atoms with Crippen LogP contribution in [0, 0.1) is 0 Å². The zero-order chi connectivity index (χ0) is 16.9. The summed E-state index contributed by atoms with van der Waals surface area (Å²) in [6.45, 7) is 0.715. The van der Waals surface area contributed by atoms with Crippen LogP contribution in [0.3, 0.4) is 0 Å². The van der Waals surface area contributed by atoms with E-state index in [1.165, 1.54) is 0 Å². The van der Waals surface area contributed by atoms with Gasteiger partial charge in [-0.15, -0.1) is 0 Å². The van der Waals surface area contributed by atoms with E-state index in [1.54, 1.807) is 0 Å². The Balaban J connectivity index is -0.000000134. The molecule has 0 aromatic rings. The number of carbonyl (C=O) groups is 2. The van der Waals surface area contributed by atoms with Gasteiger partial charge in [-0.25, -0.2) is 0 Å². The van der Waals surface area contributed by atoms with Crippen molar-refractivity contribution in [3.05, 3.63) is 0 Å². The fraction of sp³-hybridized carbons (Fsp3) is 0.800. The lowest BCUT2D eigenvalue weighted by Gasteiger charge is -2.24. The third-order valence-electron chi connectivity index (χ3n) is 1.51. The zero-order valence-electron chi connectivity index (χ0n) is 11.8. The molecule has 0 saturated carbocycles. The van der Waals surface area contributed by atoms with Gasteiger partial charge < -0.3 is 47.0 Å². The van der Waals surface area contributed by atoms with Gasteiger partial charge in [-0.1, -0.05) is 0 Å². The van der Waals surface area contributed by atoms with Crippen LogP contribution < -0.4 is 6.15 Å². The summed E-state index contributed by atoms with van der Waals surface area (Å²) in [6.07, 6.45) is -6.39. The van der Waals surface area contributed by atoms with Crippen LogP contribution in [0.5, 0.6) is 0 Å². The molecule has 0 aliphatic carbocycles. The maximum Gasteiger partial charge on any atom is 0.300 e. The summed E-state index contributed by atoms with van der Waals surface area (Å²) in [5.41, 5.74) is 0. The van der Waals surface area contributed by atoms with E-state index in [2.05, 4.69) is 0 Å². The third-order valence-corrected chi connectivity index (χ3v) is 1.51. The molecular weight excluding hydrogens is 294 g/mol. The van der Waals surface area contributed by atoms with E-state index in [4.69, 9.17) is 50.4 Å². The predicted molar refractivity (Wildman–Crippen MR) is 69.8 cm³/mol. The average molecular weight is 319 g/mol. The Morgan fingerprint density at radius 3 is 1.00 bits per heavy atom. The first-order valence-corrected chi connectivity index (χ1v) is 5.34. The molecule has 11 N–H and O–H groups in total. The van der Waals surface area contributed by atoms with Crippen molar-refractivity contribution < 1.29 is 50.4 Å². The van der Waals surface area contributed by atoms with E-state index in [0.717, 1.165) is 13.8 Å². The number of aliphatic carboxylic acids is 2. The molecule has 21 heavy (non-hydrogen) atoms. The Morgan fingerprint density at radius 2 is 0.905 bits per heavy atom. The minimum atomic E-state index is -1.67. The highest BCUT2D eigenvalue weighted by Crippen LogP contribution is 2.03. The molecular formula is C10H25NO10. The smallest absolute Gasteiger partial charge is 0.300 e. The first kappa shape index (κ1) is 27.9. The fourth-order valence-corrected chi connectivity index (χ4v) is 0.671. The van der Waals surface area contributed by atoms with Crippen LogP contribution in [0.1, 0.15) is 13.8 Å². The summed E-state index contributed by atoms with van der Waals surface area (Å²) in [4.78, 5) is 18.0. The molecule has 0 aromatic heterocycles. The normalized spacial score (nSPS) is 14.7. The van der Waals surface area contributed by atoms with Crippen LogP contribution in [0.25, 0.3) is 0 Å². The molecule has 0 fully saturated rings. The molecule has 0 heterocycles. The maximum absolute atomic E-state index is 9.00. The van der Waals surface area contributed by atoms with E-state index in [0.29, 0.717) is 0 Å². The summed E-state index contributed by atoms with van der Waals surface area (Å²) < 4.78 is 0. The second-order valence-electron chi connectivity index (χ2n) is 3.52. The molecule has 130 valence electrons. The molecule has 0 amide bonds. The number of aliphatic hydroxyl groups excluding tert-OH is 6. The van der Waals surface area contributed by atoms with Gasteiger partial charge in [0.05, 0.1) is 13.2 Å². The molecule has 0 rings (SSSR count). The van der Waals surface area contributed by atoms with Crippen LogP contribution in [0.2, 0.25) is 0 Å². The molecule has 4 atom stereocenters. The van der Waals surface area contributed by atoms with Crippen LogP contribution in [0.4, 0.5) is 0 Å². The molecule has 0 aromatic carbocycles. The second-order valence-corrected chi connectivity index (χ2v) is 3.52. The summed E-state index contributed by atoms with van der Waals surface area (Å²) in [5.74, 6) is -1.67. The van der Waals surface area contributed by atoms with Crippen molar-refractivity contribution in [1.82, 2.24) is 6.15 Å². The summed E-state index contributed by atoms with van der Waals surface area (Å²) in [7, 11) is 0. The molecule has 0 spiro atoms. The minimum Gasteiger partial charge on any atom is -0.481 e. The molecule has 11 heteroatoms. The highest BCUT2D eigenvalue weighted by Gasteiger charge is 2.29. The number of hydrogen-bond donors (Lipinski definition) is 9. The fourth-order valence-electron chi connectivity index (χ4n) is 0.671. The first-order chi connectivity index (χ1) is 9.00. The van der Waals surface area contributed by atoms with Crippen molar-refractivity contribution in [2.24, 2.45) is 0 Å². The minimum absolute atomic E-state index is 0. The van der Waals surface area contributed by atoms with Gasteiger partial charge in [0.15, 0.2) is 0 Å². The lowest BCUT2D eigenvalue weighted by atomic mass is 10.0. The Hall–Kier alpha value is -1.34. The molecule has 0 saturated heterocycles. The van der Waals surface area contributed by atoms with Crippen molar-refractivity contribution in [3.8, 4) is 0 Å². The second kappa shape index (κ2) is 16.7. The van der Waals surface area contributed by atoms with Crippen molar-refractivity contribution >= 4 is 11.9 Å². The van der Waals surface area contributed by atoms with Crippen LogP contribution in [0.15, 0.2) is 0 Å². The van der Waals surface area contributed by atoms with Gasteiger partial charge in [-0.2, -0.15) is 0 Å². The Morgan fingerprint density at radius 1 is 0.762 bits per heavy atom. The van der Waals surface area contributed by atoms with Gasteiger partial charge in [0, 0.05) is 13.8 Å². The molecule has 11 nitrogen and oxygen atoms in total. The predicted octanol–water partition coefficient (Wildman–Crippen LogP) is -3.24. The van der Waals surface area contributed by atoms with Crippen molar-refractivity contribution in [2.75, 3.05) is 13.2 Å². The molecule has 0 bridgehead atoms. The van der Waals surface area contributed by atoms with Crippen molar-refractivity contribution in [1.29, 1.82) is 0 Å². The van der Waals surface area contributed by atoms with E-state index in [1.807, 2.05) is 0 Å². The lowest BCUT2D eigenvalue weighted by molar-refractivity contribution is -0.135. The van der Waals surface area contributed by atoms with Gasteiger partial charge in [-0.05, 0) is 0 Å². The SMILES string of the molecule is CC(=O)O.CC(=O)O.N.OCC(O)C(O)C(O)C(O)CO. The number of carboxylic acid groups (broad SMARTS) is 2. The molecule has 0 aliphatic heterocycles.